The van der Waals surface area contributed by atoms with Crippen LogP contribution >= 0.6 is 0 Å². The van der Waals surface area contributed by atoms with Gasteiger partial charge in [-0.25, -0.2) is 0 Å². The van der Waals surface area contributed by atoms with Crippen LogP contribution in [0.2, 0.25) is 0 Å². The van der Waals surface area contributed by atoms with Gasteiger partial charge in [0.15, 0.2) is 0 Å². The van der Waals surface area contributed by atoms with E-state index in [0.717, 1.165) is 12.1 Å². The first-order valence-electron chi connectivity index (χ1n) is 6.03. The van der Waals surface area contributed by atoms with Crippen molar-refractivity contribution < 1.29 is 0 Å². The predicted molar refractivity (Wildman–Crippen MR) is 72.8 cm³/mol. The molecule has 1 rings (SSSR count). The number of aliphatic imine (C=N–C) groups is 1. The molecule has 86 valence electrons. The summed E-state index contributed by atoms with van der Waals surface area (Å²) in [6, 6.07) is 8.50. The summed E-state index contributed by atoms with van der Waals surface area (Å²) in [5.74, 6) is 0. The van der Waals surface area contributed by atoms with Crippen LogP contribution in [0.15, 0.2) is 35.3 Å². The van der Waals surface area contributed by atoms with Gasteiger partial charge in [0.1, 0.15) is 0 Å². The van der Waals surface area contributed by atoms with Crippen LogP contribution in [0.4, 0.5) is 0 Å². The van der Waals surface area contributed by atoms with Crippen LogP contribution in [0.3, 0.4) is 0 Å². The quantitative estimate of drug-likeness (QED) is 0.502. The van der Waals surface area contributed by atoms with Gasteiger partial charge in [0.05, 0.1) is 5.70 Å². The third kappa shape index (κ3) is 4.01. The number of hydrogen-bond donors (Lipinski definition) is 0. The summed E-state index contributed by atoms with van der Waals surface area (Å²) in [6.07, 6.45) is 7.60. The Bertz CT molecular complexity index is 358. The zero-order valence-electron chi connectivity index (χ0n) is 10.5. The molecule has 0 spiro atoms. The summed E-state index contributed by atoms with van der Waals surface area (Å²) in [5.41, 5.74) is 3.55. The van der Waals surface area contributed by atoms with E-state index in [0.29, 0.717) is 0 Å². The van der Waals surface area contributed by atoms with E-state index in [9.17, 15) is 0 Å². The SMILES string of the molecule is C/C=C(\N=C/CCCC)c1ccc(C)cc1. The fraction of sp³-hybridized carbons (Fsp3) is 0.400. The summed E-state index contributed by atoms with van der Waals surface area (Å²) in [4.78, 5) is 4.52. The molecule has 0 fully saturated rings. The number of hydrogen-bond acceptors (Lipinski definition) is 1. The lowest BCUT2D eigenvalue weighted by Gasteiger charge is -2.02. The van der Waals surface area contributed by atoms with Crippen LogP contribution in [0.5, 0.6) is 0 Å². The molecule has 0 aromatic heterocycles. The molecule has 0 radical (unpaired) electrons. The summed E-state index contributed by atoms with van der Waals surface area (Å²) < 4.78 is 0. The Balaban J connectivity index is 2.68. The van der Waals surface area contributed by atoms with Crippen LogP contribution in [-0.2, 0) is 0 Å². The van der Waals surface area contributed by atoms with Crippen molar-refractivity contribution in [1.29, 1.82) is 0 Å². The minimum atomic E-state index is 1.07. The molecule has 0 N–H and O–H groups in total. The Morgan fingerprint density at radius 3 is 2.50 bits per heavy atom. The molecule has 0 saturated carbocycles. The molecule has 0 bridgehead atoms. The number of aryl methyl sites for hydroxylation is 1. The van der Waals surface area contributed by atoms with Gasteiger partial charge in [-0.3, -0.25) is 4.99 Å². The van der Waals surface area contributed by atoms with Crippen molar-refractivity contribution in [2.75, 3.05) is 0 Å². The van der Waals surface area contributed by atoms with E-state index >= 15 is 0 Å². The Morgan fingerprint density at radius 2 is 1.94 bits per heavy atom. The molecule has 16 heavy (non-hydrogen) atoms. The van der Waals surface area contributed by atoms with Crippen molar-refractivity contribution in [3.8, 4) is 0 Å². The number of allylic oxidation sites excluding steroid dienone is 1. The van der Waals surface area contributed by atoms with Crippen molar-refractivity contribution in [3.63, 3.8) is 0 Å². The second kappa shape index (κ2) is 7.00. The molecule has 1 nitrogen and oxygen atoms in total. The topological polar surface area (TPSA) is 12.4 Å². The molecule has 0 aliphatic carbocycles. The minimum Gasteiger partial charge on any atom is -0.261 e. The number of rotatable bonds is 5. The van der Waals surface area contributed by atoms with Crippen LogP contribution in [0, 0.1) is 6.92 Å². The van der Waals surface area contributed by atoms with E-state index in [1.807, 2.05) is 13.1 Å². The van der Waals surface area contributed by atoms with E-state index in [1.165, 1.54) is 24.0 Å². The molecular weight excluding hydrogens is 194 g/mol. The van der Waals surface area contributed by atoms with Crippen molar-refractivity contribution >= 4 is 11.9 Å². The lowest BCUT2D eigenvalue weighted by Crippen LogP contribution is -1.83. The second-order valence-electron chi connectivity index (χ2n) is 3.99. The van der Waals surface area contributed by atoms with Gasteiger partial charge in [0.25, 0.3) is 0 Å². The standard InChI is InChI=1S/C15H21N/c1-4-6-7-12-16-15(5-2)14-10-8-13(3)9-11-14/h5,8-12H,4,6-7H2,1-3H3/b15-5-,16-12-. The summed E-state index contributed by atoms with van der Waals surface area (Å²) in [6.45, 7) is 6.33. The zero-order valence-corrected chi connectivity index (χ0v) is 10.5. The maximum atomic E-state index is 4.52. The van der Waals surface area contributed by atoms with Crippen molar-refractivity contribution in [1.82, 2.24) is 0 Å². The highest BCUT2D eigenvalue weighted by atomic mass is 14.7. The summed E-state index contributed by atoms with van der Waals surface area (Å²) in [7, 11) is 0. The smallest absolute Gasteiger partial charge is 0.0655 e. The molecule has 1 aromatic rings. The number of benzene rings is 1. The monoisotopic (exact) mass is 215 g/mol. The molecule has 0 unspecified atom stereocenters. The molecule has 0 aliphatic rings. The van der Waals surface area contributed by atoms with Crippen LogP contribution < -0.4 is 0 Å². The molecule has 0 amide bonds. The molecule has 0 heterocycles. The third-order valence-electron chi connectivity index (χ3n) is 2.54. The largest absolute Gasteiger partial charge is 0.261 e. The van der Waals surface area contributed by atoms with Gasteiger partial charge in [-0.2, -0.15) is 0 Å². The Hall–Kier alpha value is -1.37. The Kier molecular flexibility index (Phi) is 5.55. The fourth-order valence-electron chi connectivity index (χ4n) is 1.50. The lowest BCUT2D eigenvalue weighted by atomic mass is 10.1. The van der Waals surface area contributed by atoms with Crippen molar-refractivity contribution in [2.24, 2.45) is 4.99 Å². The van der Waals surface area contributed by atoms with Crippen LogP contribution in [-0.4, -0.2) is 6.21 Å². The van der Waals surface area contributed by atoms with E-state index in [4.69, 9.17) is 0 Å². The van der Waals surface area contributed by atoms with Gasteiger partial charge in [0, 0.05) is 6.21 Å². The number of unbranched alkanes of at least 4 members (excludes halogenated alkanes) is 2. The van der Waals surface area contributed by atoms with Crippen molar-refractivity contribution in [3.05, 3.63) is 41.5 Å². The zero-order chi connectivity index (χ0) is 11.8. The van der Waals surface area contributed by atoms with Gasteiger partial charge in [0.2, 0.25) is 0 Å². The number of nitrogens with zero attached hydrogens (tertiary/aromatic N) is 1. The first kappa shape index (κ1) is 12.7. The lowest BCUT2D eigenvalue weighted by molar-refractivity contribution is 0.843. The molecule has 0 atom stereocenters. The second-order valence-corrected chi connectivity index (χ2v) is 3.99. The van der Waals surface area contributed by atoms with E-state index < -0.39 is 0 Å². The van der Waals surface area contributed by atoms with E-state index in [-0.39, 0.29) is 0 Å². The average Bonchev–Trinajstić information content (AvgIpc) is 2.31. The Morgan fingerprint density at radius 1 is 1.25 bits per heavy atom. The van der Waals surface area contributed by atoms with E-state index in [2.05, 4.69) is 49.2 Å². The normalized spacial score (nSPS) is 12.3. The maximum absolute atomic E-state index is 4.52. The van der Waals surface area contributed by atoms with Crippen LogP contribution in [0.25, 0.3) is 5.70 Å². The molecule has 0 aliphatic heterocycles. The van der Waals surface area contributed by atoms with Gasteiger partial charge in [-0.05, 0) is 32.3 Å². The highest BCUT2D eigenvalue weighted by molar-refractivity contribution is 5.73. The first-order chi connectivity index (χ1) is 7.77. The highest BCUT2D eigenvalue weighted by Crippen LogP contribution is 2.16. The average molecular weight is 215 g/mol. The molecule has 1 aromatic carbocycles. The summed E-state index contributed by atoms with van der Waals surface area (Å²) >= 11 is 0. The fourth-order valence-corrected chi connectivity index (χ4v) is 1.50. The predicted octanol–water partition coefficient (Wildman–Crippen LogP) is 4.62. The van der Waals surface area contributed by atoms with Crippen LogP contribution in [0.1, 0.15) is 44.2 Å². The van der Waals surface area contributed by atoms with Gasteiger partial charge < -0.3 is 0 Å². The van der Waals surface area contributed by atoms with E-state index in [1.54, 1.807) is 0 Å². The van der Waals surface area contributed by atoms with Gasteiger partial charge in [-0.15, -0.1) is 0 Å². The van der Waals surface area contributed by atoms with Crippen molar-refractivity contribution in [2.45, 2.75) is 40.0 Å². The van der Waals surface area contributed by atoms with Gasteiger partial charge in [-0.1, -0.05) is 49.2 Å². The maximum Gasteiger partial charge on any atom is 0.0655 e. The third-order valence-corrected chi connectivity index (χ3v) is 2.54. The Labute approximate surface area is 98.9 Å². The molecule has 1 heteroatoms. The first-order valence-corrected chi connectivity index (χ1v) is 6.03. The highest BCUT2D eigenvalue weighted by Gasteiger charge is 1.96. The van der Waals surface area contributed by atoms with Gasteiger partial charge >= 0.3 is 0 Å². The minimum absolute atomic E-state index is 1.07. The molecule has 0 saturated heterocycles. The summed E-state index contributed by atoms with van der Waals surface area (Å²) in [5, 5.41) is 0. The molecular formula is C15H21N.